The molecule has 5 aromatic rings. The zero-order valence-electron chi connectivity index (χ0n) is 19.6. The van der Waals surface area contributed by atoms with E-state index < -0.39 is 5.92 Å². The van der Waals surface area contributed by atoms with Crippen molar-refractivity contribution in [3.8, 4) is 0 Å². The van der Waals surface area contributed by atoms with E-state index >= 15 is 0 Å². The molecule has 0 radical (unpaired) electrons. The van der Waals surface area contributed by atoms with E-state index in [1.807, 2.05) is 84.9 Å². The Kier molecular flexibility index (Phi) is 5.87. The van der Waals surface area contributed by atoms with Crippen molar-refractivity contribution in [3.63, 3.8) is 0 Å². The van der Waals surface area contributed by atoms with Crippen LogP contribution in [0.25, 0.3) is 15.8 Å². The predicted octanol–water partition coefficient (Wildman–Crippen LogP) is 8.15. The maximum Gasteiger partial charge on any atom is 0.194 e. The highest BCUT2D eigenvalue weighted by atomic mass is 35.5. The molecule has 180 valence electrons. The lowest BCUT2D eigenvalue weighted by molar-refractivity contribution is 0.505. The third kappa shape index (κ3) is 3.93. The zero-order valence-corrected chi connectivity index (χ0v) is 21.1. The first-order chi connectivity index (χ1) is 18.0. The molecule has 2 heterocycles. The summed E-state index contributed by atoms with van der Waals surface area (Å²) in [5.74, 6) is -0.575. The second kappa shape index (κ2) is 9.36. The van der Waals surface area contributed by atoms with Crippen LogP contribution < -0.4 is 10.3 Å². The van der Waals surface area contributed by atoms with Crippen LogP contribution in [-0.4, -0.2) is 10.9 Å². The summed E-state index contributed by atoms with van der Waals surface area (Å²) in [4.78, 5) is 16.0. The van der Waals surface area contributed by atoms with Crippen molar-refractivity contribution >= 4 is 55.3 Å². The van der Waals surface area contributed by atoms with Crippen LogP contribution in [0.5, 0.6) is 0 Å². The van der Waals surface area contributed by atoms with Crippen molar-refractivity contribution in [1.82, 2.24) is 0 Å². The van der Waals surface area contributed by atoms with E-state index in [1.54, 1.807) is 29.2 Å². The molecule has 6 rings (SSSR count). The van der Waals surface area contributed by atoms with Crippen molar-refractivity contribution in [2.75, 3.05) is 4.90 Å². The highest BCUT2D eigenvalue weighted by Crippen LogP contribution is 2.49. The van der Waals surface area contributed by atoms with Gasteiger partial charge in [-0.1, -0.05) is 84.4 Å². The Morgan fingerprint density at radius 1 is 0.838 bits per heavy atom. The molecule has 6 heteroatoms. The molecule has 0 aliphatic carbocycles. The van der Waals surface area contributed by atoms with Gasteiger partial charge in [-0.3, -0.25) is 15.1 Å². The maximum atomic E-state index is 14.2. The Labute approximate surface area is 222 Å². The van der Waals surface area contributed by atoms with Crippen LogP contribution in [-0.2, 0) is 0 Å². The summed E-state index contributed by atoms with van der Waals surface area (Å²) in [6.07, 6.45) is 0. The van der Waals surface area contributed by atoms with Gasteiger partial charge in [-0.25, -0.2) is 0 Å². The van der Waals surface area contributed by atoms with Crippen LogP contribution in [0.4, 0.5) is 10.7 Å². The smallest absolute Gasteiger partial charge is 0.194 e. The minimum Gasteiger partial charge on any atom is -0.507 e. The fourth-order valence-corrected chi connectivity index (χ4v) is 6.24. The SMILES string of the molecule is N=C1/C(=C(/O)c2ccccc2)[C@@H](c2ccc(Cl)cc2)c2c(sc3ccccc3c2=O)N1c1ccccc1. The highest BCUT2D eigenvalue weighted by molar-refractivity contribution is 7.22. The van der Waals surface area contributed by atoms with Gasteiger partial charge in [-0.05, 0) is 42.0 Å². The van der Waals surface area contributed by atoms with Gasteiger partial charge in [0.05, 0.1) is 0 Å². The first-order valence-corrected chi connectivity index (χ1v) is 13.0. The topological polar surface area (TPSA) is 64.4 Å². The maximum absolute atomic E-state index is 14.2. The summed E-state index contributed by atoms with van der Waals surface area (Å²) in [7, 11) is 0. The number of amidine groups is 1. The van der Waals surface area contributed by atoms with E-state index in [4.69, 9.17) is 11.6 Å². The fraction of sp³-hybridized carbons (Fsp3) is 0.0323. The van der Waals surface area contributed by atoms with Gasteiger partial charge < -0.3 is 5.11 Å². The lowest BCUT2D eigenvalue weighted by atomic mass is 9.80. The van der Waals surface area contributed by atoms with Crippen LogP contribution in [0.3, 0.4) is 0 Å². The van der Waals surface area contributed by atoms with Gasteiger partial charge in [0.1, 0.15) is 16.6 Å². The lowest BCUT2D eigenvalue weighted by Gasteiger charge is -2.37. The average molecular weight is 521 g/mol. The molecule has 0 bridgehead atoms. The second-order valence-electron chi connectivity index (χ2n) is 8.78. The van der Waals surface area contributed by atoms with Crippen LogP contribution >= 0.6 is 22.9 Å². The number of halogens is 1. The molecular formula is C31H21ClN2O2S. The Morgan fingerprint density at radius 2 is 1.46 bits per heavy atom. The number of benzene rings is 4. The second-order valence-corrected chi connectivity index (χ2v) is 10.2. The van der Waals surface area contributed by atoms with Gasteiger partial charge in [-0.15, -0.1) is 11.3 Å². The minimum atomic E-state index is -0.659. The quantitative estimate of drug-likeness (QED) is 0.236. The van der Waals surface area contributed by atoms with Gasteiger partial charge in [0.2, 0.25) is 0 Å². The molecule has 0 saturated heterocycles. The van der Waals surface area contributed by atoms with Gasteiger partial charge in [0.25, 0.3) is 0 Å². The largest absolute Gasteiger partial charge is 0.507 e. The molecule has 1 aliphatic heterocycles. The molecule has 0 amide bonds. The monoisotopic (exact) mass is 520 g/mol. The Morgan fingerprint density at radius 3 is 2.16 bits per heavy atom. The summed E-state index contributed by atoms with van der Waals surface area (Å²) in [5.41, 5.74) is 2.88. The van der Waals surface area contributed by atoms with E-state index in [-0.39, 0.29) is 17.0 Å². The van der Waals surface area contributed by atoms with E-state index in [0.29, 0.717) is 32.1 Å². The zero-order chi connectivity index (χ0) is 25.5. The molecule has 0 saturated carbocycles. The summed E-state index contributed by atoms with van der Waals surface area (Å²) in [6.45, 7) is 0. The average Bonchev–Trinajstić information content (AvgIpc) is 2.94. The van der Waals surface area contributed by atoms with Crippen molar-refractivity contribution in [2.45, 2.75) is 5.92 Å². The number of hydrogen-bond donors (Lipinski definition) is 2. The van der Waals surface area contributed by atoms with Crippen molar-refractivity contribution < 1.29 is 5.11 Å². The molecule has 37 heavy (non-hydrogen) atoms. The standard InChI is InChI=1S/C31H21ClN2O2S/c32-21-17-15-19(16-18-21)25-26(28(35)20-9-3-1-4-10-20)30(33)34(22-11-5-2-6-12-22)31-27(25)29(36)23-13-7-8-14-24(23)37-31/h1-18,25,33,35H/b28-26+,33-30?/t25-/m1/s1. The van der Waals surface area contributed by atoms with Crippen LogP contribution in [0.1, 0.15) is 22.6 Å². The highest BCUT2D eigenvalue weighted by Gasteiger charge is 2.40. The summed E-state index contributed by atoms with van der Waals surface area (Å²) in [6, 6.07) is 33.5. The molecule has 4 aromatic carbocycles. The molecule has 2 N–H and O–H groups in total. The number of fused-ring (bicyclic) bond motifs is 2. The minimum absolute atomic E-state index is 0.0327. The van der Waals surface area contributed by atoms with Gasteiger partial charge in [-0.2, -0.15) is 0 Å². The fourth-order valence-electron chi connectivity index (χ4n) is 4.88. The Bertz CT molecular complexity index is 1730. The molecule has 0 spiro atoms. The number of hydrogen-bond acceptors (Lipinski definition) is 4. The summed E-state index contributed by atoms with van der Waals surface area (Å²) >= 11 is 7.69. The molecular weight excluding hydrogens is 500 g/mol. The van der Waals surface area contributed by atoms with E-state index in [9.17, 15) is 15.3 Å². The first-order valence-electron chi connectivity index (χ1n) is 11.8. The predicted molar refractivity (Wildman–Crippen MR) is 154 cm³/mol. The van der Waals surface area contributed by atoms with Gasteiger partial charge >= 0.3 is 0 Å². The van der Waals surface area contributed by atoms with Gasteiger partial charge in [0.15, 0.2) is 5.43 Å². The summed E-state index contributed by atoms with van der Waals surface area (Å²) < 4.78 is 0.842. The third-order valence-electron chi connectivity index (χ3n) is 6.59. The summed E-state index contributed by atoms with van der Waals surface area (Å²) in [5, 5.41) is 23.0. The van der Waals surface area contributed by atoms with Crippen LogP contribution in [0.2, 0.25) is 5.02 Å². The van der Waals surface area contributed by atoms with Crippen molar-refractivity contribution in [2.24, 2.45) is 0 Å². The number of para-hydroxylation sites is 1. The van der Waals surface area contributed by atoms with E-state index in [2.05, 4.69) is 0 Å². The van der Waals surface area contributed by atoms with Crippen molar-refractivity contribution in [3.05, 3.63) is 147 Å². The Balaban J connectivity index is 1.76. The molecule has 1 aliphatic rings. The van der Waals surface area contributed by atoms with Gasteiger partial charge in [0, 0.05) is 43.4 Å². The lowest BCUT2D eigenvalue weighted by Crippen LogP contribution is -2.38. The molecule has 1 aromatic heterocycles. The van der Waals surface area contributed by atoms with E-state index in [0.717, 1.165) is 16.0 Å². The number of aliphatic hydroxyl groups excluding tert-OH is 1. The number of nitrogens with zero attached hydrogens (tertiary/aromatic N) is 1. The molecule has 0 unspecified atom stereocenters. The Hall–Kier alpha value is -4.19. The van der Waals surface area contributed by atoms with Crippen LogP contribution in [0, 0.1) is 5.41 Å². The van der Waals surface area contributed by atoms with Crippen LogP contribution in [0.15, 0.2) is 120 Å². The number of nitrogens with one attached hydrogen (secondary N) is 1. The van der Waals surface area contributed by atoms with E-state index in [1.165, 1.54) is 11.3 Å². The number of anilines is 2. The molecule has 0 fully saturated rings. The normalized spacial score (nSPS) is 16.5. The third-order valence-corrected chi connectivity index (χ3v) is 8.02. The first kappa shape index (κ1) is 23.2. The number of aliphatic hydroxyl groups is 1. The van der Waals surface area contributed by atoms with Crippen molar-refractivity contribution in [1.29, 1.82) is 5.41 Å². The molecule has 4 nitrogen and oxygen atoms in total. The number of rotatable bonds is 3. The molecule has 1 atom stereocenters.